The van der Waals surface area contributed by atoms with Gasteiger partial charge in [-0.2, -0.15) is 0 Å². The van der Waals surface area contributed by atoms with E-state index in [2.05, 4.69) is 49.4 Å². The third-order valence-corrected chi connectivity index (χ3v) is 5.39. The van der Waals surface area contributed by atoms with E-state index in [4.69, 9.17) is 5.84 Å². The Kier molecular flexibility index (Phi) is 3.85. The van der Waals surface area contributed by atoms with E-state index < -0.39 is 0 Å². The molecule has 3 heteroatoms. The van der Waals surface area contributed by atoms with Crippen molar-refractivity contribution in [1.29, 1.82) is 0 Å². The average Bonchev–Trinajstić information content (AvgIpc) is 2.62. The highest BCUT2D eigenvalue weighted by Gasteiger charge is 2.41. The summed E-state index contributed by atoms with van der Waals surface area (Å²) >= 11 is 0. The lowest BCUT2D eigenvalue weighted by Gasteiger charge is -2.40. The zero-order valence-electron chi connectivity index (χ0n) is 12.9. The van der Waals surface area contributed by atoms with Crippen LogP contribution in [0.2, 0.25) is 0 Å². The van der Waals surface area contributed by atoms with Gasteiger partial charge in [0.2, 0.25) is 0 Å². The first-order valence-corrected chi connectivity index (χ1v) is 7.84. The molecule has 3 N–H and O–H groups in total. The summed E-state index contributed by atoms with van der Waals surface area (Å²) < 4.78 is 0. The highest BCUT2D eigenvalue weighted by atomic mass is 15.2. The molecule has 20 heavy (non-hydrogen) atoms. The van der Waals surface area contributed by atoms with Crippen LogP contribution in [0.1, 0.15) is 48.4 Å². The van der Waals surface area contributed by atoms with Crippen molar-refractivity contribution in [3.8, 4) is 0 Å². The quantitative estimate of drug-likeness (QED) is 0.657. The molecular formula is C17H27N3. The molecule has 2 fully saturated rings. The fourth-order valence-electron chi connectivity index (χ4n) is 4.42. The third kappa shape index (κ3) is 2.50. The number of piperidine rings is 1. The third-order valence-electron chi connectivity index (χ3n) is 5.39. The maximum absolute atomic E-state index is 5.92. The van der Waals surface area contributed by atoms with E-state index in [-0.39, 0.29) is 0 Å². The van der Waals surface area contributed by atoms with E-state index >= 15 is 0 Å². The van der Waals surface area contributed by atoms with Crippen LogP contribution in [-0.4, -0.2) is 24.0 Å². The van der Waals surface area contributed by atoms with Crippen molar-refractivity contribution >= 4 is 0 Å². The Morgan fingerprint density at radius 1 is 1.10 bits per heavy atom. The molecule has 3 unspecified atom stereocenters. The van der Waals surface area contributed by atoms with Gasteiger partial charge in [-0.05, 0) is 58.1 Å². The zero-order chi connectivity index (χ0) is 14.3. The van der Waals surface area contributed by atoms with Crippen molar-refractivity contribution in [2.45, 2.75) is 57.7 Å². The Hall–Kier alpha value is -0.900. The number of nitrogens with two attached hydrogens (primary N) is 1. The molecule has 1 aromatic carbocycles. The SMILES string of the molecule is Cc1cc(C)cc(C(NN)C2CC3CCC(C2)N3C)c1. The molecule has 2 heterocycles. The van der Waals surface area contributed by atoms with E-state index in [1.54, 1.807) is 0 Å². The van der Waals surface area contributed by atoms with Crippen molar-refractivity contribution in [2.75, 3.05) is 7.05 Å². The molecule has 0 aromatic heterocycles. The van der Waals surface area contributed by atoms with E-state index in [9.17, 15) is 0 Å². The van der Waals surface area contributed by atoms with Crippen LogP contribution in [0.3, 0.4) is 0 Å². The smallest absolute Gasteiger partial charge is 0.0489 e. The van der Waals surface area contributed by atoms with E-state index in [1.165, 1.54) is 42.4 Å². The number of hydrazine groups is 1. The molecule has 0 spiro atoms. The van der Waals surface area contributed by atoms with E-state index in [1.807, 2.05) is 0 Å². The van der Waals surface area contributed by atoms with Crippen LogP contribution in [-0.2, 0) is 0 Å². The largest absolute Gasteiger partial charge is 0.300 e. The van der Waals surface area contributed by atoms with Crippen molar-refractivity contribution in [3.63, 3.8) is 0 Å². The second-order valence-electron chi connectivity index (χ2n) is 6.85. The van der Waals surface area contributed by atoms with Gasteiger partial charge in [-0.3, -0.25) is 11.3 Å². The normalized spacial score (nSPS) is 31.5. The summed E-state index contributed by atoms with van der Waals surface area (Å²) in [6, 6.07) is 8.64. The summed E-state index contributed by atoms with van der Waals surface area (Å²) in [5.41, 5.74) is 7.13. The van der Waals surface area contributed by atoms with Crippen LogP contribution < -0.4 is 11.3 Å². The molecule has 2 bridgehead atoms. The maximum atomic E-state index is 5.92. The number of hydrogen-bond donors (Lipinski definition) is 2. The first-order chi connectivity index (χ1) is 9.58. The number of benzene rings is 1. The van der Waals surface area contributed by atoms with Gasteiger partial charge in [-0.1, -0.05) is 29.3 Å². The molecular weight excluding hydrogens is 246 g/mol. The average molecular weight is 273 g/mol. The fourth-order valence-corrected chi connectivity index (χ4v) is 4.42. The van der Waals surface area contributed by atoms with Gasteiger partial charge in [0.15, 0.2) is 0 Å². The first kappa shape index (κ1) is 14.1. The van der Waals surface area contributed by atoms with Crippen molar-refractivity contribution in [3.05, 3.63) is 34.9 Å². The summed E-state index contributed by atoms with van der Waals surface area (Å²) in [6.45, 7) is 4.34. The molecule has 2 aliphatic heterocycles. The second-order valence-corrected chi connectivity index (χ2v) is 6.85. The first-order valence-electron chi connectivity index (χ1n) is 7.84. The predicted octanol–water partition coefficient (Wildman–Crippen LogP) is 2.68. The van der Waals surface area contributed by atoms with Gasteiger partial charge < -0.3 is 4.90 Å². The molecule has 2 saturated heterocycles. The lowest BCUT2D eigenvalue weighted by Crippen LogP contribution is -2.45. The lowest BCUT2D eigenvalue weighted by atomic mass is 9.82. The minimum atomic E-state index is 0.297. The molecule has 3 nitrogen and oxygen atoms in total. The summed E-state index contributed by atoms with van der Waals surface area (Å²) in [5.74, 6) is 6.58. The molecule has 2 aliphatic rings. The molecule has 0 aliphatic carbocycles. The Morgan fingerprint density at radius 2 is 1.65 bits per heavy atom. The van der Waals surface area contributed by atoms with Crippen molar-refractivity contribution in [2.24, 2.45) is 11.8 Å². The molecule has 0 saturated carbocycles. The Morgan fingerprint density at radius 3 is 2.15 bits per heavy atom. The van der Waals surface area contributed by atoms with Gasteiger partial charge in [0.1, 0.15) is 0 Å². The van der Waals surface area contributed by atoms with Gasteiger partial charge in [-0.25, -0.2) is 0 Å². The highest BCUT2D eigenvalue weighted by Crippen LogP contribution is 2.42. The molecule has 0 amide bonds. The number of aryl methyl sites for hydroxylation is 2. The molecule has 1 aromatic rings. The minimum Gasteiger partial charge on any atom is -0.300 e. The van der Waals surface area contributed by atoms with Crippen LogP contribution in [0.15, 0.2) is 18.2 Å². The highest BCUT2D eigenvalue weighted by molar-refractivity contribution is 5.31. The predicted molar refractivity (Wildman–Crippen MR) is 83.3 cm³/mol. The fraction of sp³-hybridized carbons (Fsp3) is 0.647. The van der Waals surface area contributed by atoms with Gasteiger partial charge in [0, 0.05) is 18.1 Å². The topological polar surface area (TPSA) is 41.3 Å². The Balaban J connectivity index is 1.83. The molecule has 3 atom stereocenters. The molecule has 0 radical (unpaired) electrons. The van der Waals surface area contributed by atoms with Crippen LogP contribution in [0.4, 0.5) is 0 Å². The van der Waals surface area contributed by atoms with Gasteiger partial charge in [0.25, 0.3) is 0 Å². The van der Waals surface area contributed by atoms with Crippen LogP contribution in [0, 0.1) is 19.8 Å². The monoisotopic (exact) mass is 273 g/mol. The van der Waals surface area contributed by atoms with Crippen LogP contribution >= 0.6 is 0 Å². The summed E-state index contributed by atoms with van der Waals surface area (Å²) in [4.78, 5) is 2.59. The lowest BCUT2D eigenvalue weighted by molar-refractivity contribution is 0.112. The standard InChI is InChI=1S/C17H27N3/c1-11-6-12(2)8-13(7-11)17(19-18)14-9-15-4-5-16(10-14)20(15)3/h6-8,14-17,19H,4-5,9-10,18H2,1-3H3. The van der Waals surface area contributed by atoms with Crippen LogP contribution in [0.25, 0.3) is 0 Å². The Bertz CT molecular complexity index is 451. The van der Waals surface area contributed by atoms with Gasteiger partial charge in [-0.15, -0.1) is 0 Å². The van der Waals surface area contributed by atoms with Crippen LogP contribution in [0.5, 0.6) is 0 Å². The van der Waals surface area contributed by atoms with Crippen molar-refractivity contribution in [1.82, 2.24) is 10.3 Å². The minimum absolute atomic E-state index is 0.297. The molecule has 110 valence electrons. The zero-order valence-corrected chi connectivity index (χ0v) is 12.9. The van der Waals surface area contributed by atoms with E-state index in [0.29, 0.717) is 12.0 Å². The summed E-state index contributed by atoms with van der Waals surface area (Å²) in [6.07, 6.45) is 5.27. The Labute approximate surface area is 122 Å². The second kappa shape index (κ2) is 5.47. The van der Waals surface area contributed by atoms with Gasteiger partial charge >= 0.3 is 0 Å². The number of rotatable bonds is 3. The maximum Gasteiger partial charge on any atom is 0.0489 e. The van der Waals surface area contributed by atoms with Crippen molar-refractivity contribution < 1.29 is 0 Å². The number of nitrogens with zero attached hydrogens (tertiary/aromatic N) is 1. The number of nitrogens with one attached hydrogen (secondary N) is 1. The summed E-state index contributed by atoms with van der Waals surface area (Å²) in [5, 5.41) is 0. The summed E-state index contributed by atoms with van der Waals surface area (Å²) in [7, 11) is 2.29. The number of fused-ring (bicyclic) bond motifs is 2. The van der Waals surface area contributed by atoms with Gasteiger partial charge in [0.05, 0.1) is 0 Å². The molecule has 3 rings (SSSR count). The number of hydrogen-bond acceptors (Lipinski definition) is 3. The van der Waals surface area contributed by atoms with E-state index in [0.717, 1.165) is 12.1 Å².